The molecule has 21 heavy (non-hydrogen) atoms. The first-order chi connectivity index (χ1) is 9.59. The van der Waals surface area contributed by atoms with Gasteiger partial charge in [0.05, 0.1) is 12.1 Å². The standard InChI is InChI=1S/C16H30N2O3/c1-11-7-6-8-16(9-11,10-19)18-13(20)12(2)17-14(21)15(3,4)5/h11-12,19H,6-10H2,1-5H3,(H,17,21)(H,18,20). The van der Waals surface area contributed by atoms with E-state index in [4.69, 9.17) is 0 Å². The van der Waals surface area contributed by atoms with Crippen molar-refractivity contribution in [3.05, 3.63) is 0 Å². The normalized spacial score (nSPS) is 27.8. The van der Waals surface area contributed by atoms with Crippen molar-refractivity contribution in [1.29, 1.82) is 0 Å². The molecule has 1 aliphatic rings. The zero-order valence-corrected chi connectivity index (χ0v) is 14.0. The second kappa shape index (κ2) is 6.77. The Morgan fingerprint density at radius 1 is 1.38 bits per heavy atom. The summed E-state index contributed by atoms with van der Waals surface area (Å²) in [5.41, 5.74) is -1.06. The maximum Gasteiger partial charge on any atom is 0.242 e. The average molecular weight is 298 g/mol. The summed E-state index contributed by atoms with van der Waals surface area (Å²) in [7, 11) is 0. The monoisotopic (exact) mass is 298 g/mol. The molecule has 1 saturated carbocycles. The third kappa shape index (κ3) is 4.99. The van der Waals surface area contributed by atoms with Crippen molar-refractivity contribution in [2.24, 2.45) is 11.3 Å². The van der Waals surface area contributed by atoms with Crippen LogP contribution in [0.25, 0.3) is 0 Å². The lowest BCUT2D eigenvalue weighted by Gasteiger charge is -2.40. The van der Waals surface area contributed by atoms with Crippen molar-refractivity contribution in [1.82, 2.24) is 10.6 Å². The van der Waals surface area contributed by atoms with Crippen molar-refractivity contribution in [3.8, 4) is 0 Å². The number of amides is 2. The van der Waals surface area contributed by atoms with Crippen LogP contribution in [0.2, 0.25) is 0 Å². The molecule has 1 rings (SSSR count). The minimum atomic E-state index is -0.600. The number of rotatable bonds is 4. The summed E-state index contributed by atoms with van der Waals surface area (Å²) in [6.45, 7) is 9.20. The predicted octanol–water partition coefficient (Wildman–Crippen LogP) is 1.59. The average Bonchev–Trinajstić information content (AvgIpc) is 2.37. The number of hydrogen-bond donors (Lipinski definition) is 3. The third-order valence-electron chi connectivity index (χ3n) is 4.20. The highest BCUT2D eigenvalue weighted by molar-refractivity contribution is 5.89. The predicted molar refractivity (Wildman–Crippen MR) is 82.7 cm³/mol. The van der Waals surface area contributed by atoms with Gasteiger partial charge in [-0.15, -0.1) is 0 Å². The molecule has 3 unspecified atom stereocenters. The molecule has 0 radical (unpaired) electrons. The maximum absolute atomic E-state index is 12.3. The van der Waals surface area contributed by atoms with E-state index in [2.05, 4.69) is 17.6 Å². The fourth-order valence-electron chi connectivity index (χ4n) is 2.81. The maximum atomic E-state index is 12.3. The summed E-state index contributed by atoms with van der Waals surface area (Å²) >= 11 is 0. The van der Waals surface area contributed by atoms with Crippen molar-refractivity contribution < 1.29 is 14.7 Å². The Morgan fingerprint density at radius 2 is 2.00 bits per heavy atom. The van der Waals surface area contributed by atoms with E-state index in [-0.39, 0.29) is 18.4 Å². The van der Waals surface area contributed by atoms with Gasteiger partial charge in [-0.3, -0.25) is 9.59 Å². The second-order valence-corrected chi connectivity index (χ2v) is 7.57. The quantitative estimate of drug-likeness (QED) is 0.737. The van der Waals surface area contributed by atoms with Crippen LogP contribution in [0.1, 0.15) is 60.3 Å². The summed E-state index contributed by atoms with van der Waals surface area (Å²) in [5, 5.41) is 15.4. The van der Waals surface area contributed by atoms with Gasteiger partial charge >= 0.3 is 0 Å². The number of carbonyl (C=O) groups excluding carboxylic acids is 2. The molecule has 1 fully saturated rings. The number of nitrogens with one attached hydrogen (secondary N) is 2. The van der Waals surface area contributed by atoms with E-state index in [1.54, 1.807) is 6.92 Å². The number of aliphatic hydroxyl groups is 1. The van der Waals surface area contributed by atoms with Gasteiger partial charge in [0.25, 0.3) is 0 Å². The van der Waals surface area contributed by atoms with Crippen LogP contribution in [0, 0.1) is 11.3 Å². The van der Waals surface area contributed by atoms with Gasteiger partial charge in [-0.25, -0.2) is 0 Å². The third-order valence-corrected chi connectivity index (χ3v) is 4.20. The molecule has 0 bridgehead atoms. The van der Waals surface area contributed by atoms with Crippen LogP contribution in [0.3, 0.4) is 0 Å². The summed E-state index contributed by atoms with van der Waals surface area (Å²) in [4.78, 5) is 24.2. The van der Waals surface area contributed by atoms with Crippen molar-refractivity contribution in [2.75, 3.05) is 6.61 Å². The van der Waals surface area contributed by atoms with Gasteiger partial charge in [-0.1, -0.05) is 40.5 Å². The van der Waals surface area contributed by atoms with Gasteiger partial charge in [-0.05, 0) is 25.7 Å². The van der Waals surface area contributed by atoms with E-state index in [1.807, 2.05) is 20.8 Å². The van der Waals surface area contributed by atoms with Gasteiger partial charge in [0.2, 0.25) is 11.8 Å². The Hall–Kier alpha value is -1.10. The second-order valence-electron chi connectivity index (χ2n) is 7.57. The highest BCUT2D eigenvalue weighted by Crippen LogP contribution is 2.32. The van der Waals surface area contributed by atoms with Gasteiger partial charge < -0.3 is 15.7 Å². The van der Waals surface area contributed by atoms with Crippen molar-refractivity contribution in [2.45, 2.75) is 71.9 Å². The summed E-state index contributed by atoms with van der Waals surface area (Å²) in [5.74, 6) is 0.113. The number of aliphatic hydroxyl groups excluding tert-OH is 1. The van der Waals surface area contributed by atoms with Crippen LogP contribution < -0.4 is 10.6 Å². The largest absolute Gasteiger partial charge is 0.394 e. The molecule has 0 spiro atoms. The van der Waals surface area contributed by atoms with Crippen molar-refractivity contribution in [3.63, 3.8) is 0 Å². The van der Waals surface area contributed by atoms with Crippen molar-refractivity contribution >= 4 is 11.8 Å². The Labute approximate surface area is 127 Å². The molecule has 5 nitrogen and oxygen atoms in total. The number of carbonyl (C=O) groups is 2. The Kier molecular flexibility index (Phi) is 5.79. The molecule has 0 aromatic carbocycles. The Balaban J connectivity index is 2.64. The van der Waals surface area contributed by atoms with Crippen LogP contribution in [0.15, 0.2) is 0 Å². The molecule has 122 valence electrons. The van der Waals surface area contributed by atoms with E-state index < -0.39 is 17.0 Å². The molecule has 3 N–H and O–H groups in total. The highest BCUT2D eigenvalue weighted by atomic mass is 16.3. The van der Waals surface area contributed by atoms with E-state index in [1.165, 1.54) is 0 Å². The molecular formula is C16H30N2O3. The van der Waals surface area contributed by atoms with Crippen LogP contribution in [0.4, 0.5) is 0 Å². The van der Waals surface area contributed by atoms with Crippen LogP contribution in [-0.2, 0) is 9.59 Å². The first-order valence-electron chi connectivity index (χ1n) is 7.83. The zero-order chi connectivity index (χ0) is 16.3. The molecule has 1 aliphatic carbocycles. The lowest BCUT2D eigenvalue weighted by molar-refractivity contribution is -0.134. The van der Waals surface area contributed by atoms with Gasteiger partial charge in [-0.2, -0.15) is 0 Å². The van der Waals surface area contributed by atoms with Gasteiger partial charge in [0, 0.05) is 5.41 Å². The van der Waals surface area contributed by atoms with E-state index in [0.29, 0.717) is 5.92 Å². The molecule has 0 aromatic heterocycles. The van der Waals surface area contributed by atoms with Gasteiger partial charge in [0.15, 0.2) is 0 Å². The van der Waals surface area contributed by atoms with Crippen LogP contribution in [-0.4, -0.2) is 35.1 Å². The summed E-state index contributed by atoms with van der Waals surface area (Å²) in [6.07, 6.45) is 3.72. The minimum Gasteiger partial charge on any atom is -0.394 e. The summed E-state index contributed by atoms with van der Waals surface area (Å²) in [6, 6.07) is -0.600. The fourth-order valence-corrected chi connectivity index (χ4v) is 2.81. The zero-order valence-electron chi connectivity index (χ0n) is 14.0. The number of hydrogen-bond acceptors (Lipinski definition) is 3. The lowest BCUT2D eigenvalue weighted by Crippen LogP contribution is -2.58. The van der Waals surface area contributed by atoms with Crippen LogP contribution >= 0.6 is 0 Å². The molecular weight excluding hydrogens is 268 g/mol. The van der Waals surface area contributed by atoms with E-state index in [9.17, 15) is 14.7 Å². The topological polar surface area (TPSA) is 78.4 Å². The molecule has 0 saturated heterocycles. The van der Waals surface area contributed by atoms with Gasteiger partial charge in [0.1, 0.15) is 6.04 Å². The fraction of sp³-hybridized carbons (Fsp3) is 0.875. The molecule has 0 heterocycles. The molecule has 2 amide bonds. The SMILES string of the molecule is CC1CCCC(CO)(NC(=O)C(C)NC(=O)C(C)(C)C)C1. The smallest absolute Gasteiger partial charge is 0.242 e. The Morgan fingerprint density at radius 3 is 2.48 bits per heavy atom. The molecule has 5 heteroatoms. The minimum absolute atomic E-state index is 0.0526. The molecule has 0 aliphatic heterocycles. The first-order valence-corrected chi connectivity index (χ1v) is 7.83. The first kappa shape index (κ1) is 18.0. The summed E-state index contributed by atoms with van der Waals surface area (Å²) < 4.78 is 0. The molecule has 3 atom stereocenters. The van der Waals surface area contributed by atoms with E-state index in [0.717, 1.165) is 25.7 Å². The molecule has 0 aromatic rings. The highest BCUT2D eigenvalue weighted by Gasteiger charge is 2.37. The van der Waals surface area contributed by atoms with E-state index >= 15 is 0 Å². The van der Waals surface area contributed by atoms with Crippen LogP contribution in [0.5, 0.6) is 0 Å². The lowest BCUT2D eigenvalue weighted by atomic mass is 9.76. The Bertz CT molecular complexity index is 389.